The molecule has 0 radical (unpaired) electrons. The second-order valence-electron chi connectivity index (χ2n) is 3.90. The van der Waals surface area contributed by atoms with Gasteiger partial charge in [-0.2, -0.15) is 11.8 Å². The van der Waals surface area contributed by atoms with E-state index in [-0.39, 0.29) is 11.9 Å². The van der Waals surface area contributed by atoms with Crippen LogP contribution in [0.5, 0.6) is 0 Å². The molecule has 1 unspecified atom stereocenters. The molecule has 0 aliphatic rings. The number of carbonyl (C=O) groups excluding carboxylic acids is 1. The fraction of sp³-hybridized carbons (Fsp3) is 0.500. The van der Waals surface area contributed by atoms with E-state index in [2.05, 4.69) is 11.9 Å². The van der Waals surface area contributed by atoms with Gasteiger partial charge >= 0.3 is 0 Å². The standard InChI is InChI=1S/C12H19N3OS/c1-4-9(8-17-3)15(2)12(16)10-7-14-6-5-11(10)13/h5-7,9H,4,8H2,1-3H3,(H2,13,14). The second-order valence-corrected chi connectivity index (χ2v) is 4.81. The average Bonchev–Trinajstić information content (AvgIpc) is 2.35. The molecule has 94 valence electrons. The summed E-state index contributed by atoms with van der Waals surface area (Å²) in [7, 11) is 1.82. The zero-order valence-corrected chi connectivity index (χ0v) is 11.3. The van der Waals surface area contributed by atoms with Gasteiger partial charge in [-0.25, -0.2) is 0 Å². The second kappa shape index (κ2) is 6.49. The lowest BCUT2D eigenvalue weighted by Crippen LogP contribution is -2.38. The molecule has 0 fully saturated rings. The molecule has 0 aromatic carbocycles. The Kier molecular flexibility index (Phi) is 5.28. The number of rotatable bonds is 5. The topological polar surface area (TPSA) is 59.2 Å². The van der Waals surface area contributed by atoms with E-state index in [1.807, 2.05) is 13.3 Å². The number of nitrogens with zero attached hydrogens (tertiary/aromatic N) is 2. The predicted molar refractivity (Wildman–Crippen MR) is 73.2 cm³/mol. The summed E-state index contributed by atoms with van der Waals surface area (Å²) >= 11 is 1.74. The molecule has 5 heteroatoms. The van der Waals surface area contributed by atoms with Crippen molar-refractivity contribution in [1.82, 2.24) is 9.88 Å². The first kappa shape index (κ1) is 13.8. The number of nitrogen functional groups attached to an aromatic ring is 1. The van der Waals surface area contributed by atoms with Crippen molar-refractivity contribution in [2.45, 2.75) is 19.4 Å². The van der Waals surface area contributed by atoms with Gasteiger partial charge in [0.1, 0.15) is 0 Å². The first-order valence-electron chi connectivity index (χ1n) is 5.57. The van der Waals surface area contributed by atoms with Crippen LogP contribution in [0, 0.1) is 0 Å². The summed E-state index contributed by atoms with van der Waals surface area (Å²) in [5.74, 6) is 0.871. The number of thioether (sulfide) groups is 1. The number of pyridine rings is 1. The van der Waals surface area contributed by atoms with Gasteiger partial charge in [0.15, 0.2) is 0 Å². The first-order chi connectivity index (χ1) is 8.11. The smallest absolute Gasteiger partial charge is 0.257 e. The van der Waals surface area contributed by atoms with Gasteiger partial charge in [-0.1, -0.05) is 6.92 Å². The molecule has 4 nitrogen and oxygen atoms in total. The third kappa shape index (κ3) is 3.36. The van der Waals surface area contributed by atoms with Gasteiger partial charge in [-0.15, -0.1) is 0 Å². The number of amides is 1. The van der Waals surface area contributed by atoms with Gasteiger partial charge in [0.2, 0.25) is 0 Å². The van der Waals surface area contributed by atoms with E-state index in [9.17, 15) is 4.79 Å². The van der Waals surface area contributed by atoms with Gasteiger partial charge in [0, 0.05) is 36.9 Å². The Labute approximate surface area is 107 Å². The molecular weight excluding hydrogens is 234 g/mol. The Balaban J connectivity index is 2.85. The molecule has 2 N–H and O–H groups in total. The highest BCUT2D eigenvalue weighted by Crippen LogP contribution is 2.15. The third-order valence-electron chi connectivity index (χ3n) is 2.78. The Morgan fingerprint density at radius 2 is 2.35 bits per heavy atom. The minimum Gasteiger partial charge on any atom is -0.398 e. The molecule has 1 aromatic heterocycles. The van der Waals surface area contributed by atoms with E-state index in [4.69, 9.17) is 5.73 Å². The van der Waals surface area contributed by atoms with Crippen LogP contribution in [0.25, 0.3) is 0 Å². The Bertz CT molecular complexity index is 384. The maximum absolute atomic E-state index is 12.2. The SMILES string of the molecule is CCC(CSC)N(C)C(=O)c1cnccc1N. The molecule has 1 heterocycles. The van der Waals surface area contributed by atoms with Crippen molar-refractivity contribution in [3.05, 3.63) is 24.0 Å². The minimum atomic E-state index is -0.0588. The Hall–Kier alpha value is -1.23. The molecule has 1 rings (SSSR count). The summed E-state index contributed by atoms with van der Waals surface area (Å²) in [6.07, 6.45) is 6.09. The van der Waals surface area contributed by atoms with Crippen molar-refractivity contribution in [2.24, 2.45) is 0 Å². The molecule has 1 atom stereocenters. The zero-order valence-electron chi connectivity index (χ0n) is 10.5. The van der Waals surface area contributed by atoms with Gasteiger partial charge in [0.25, 0.3) is 5.91 Å². The van der Waals surface area contributed by atoms with Gasteiger partial charge in [-0.3, -0.25) is 9.78 Å². The van der Waals surface area contributed by atoms with Crippen LogP contribution in [-0.4, -0.2) is 40.9 Å². The van der Waals surface area contributed by atoms with Crippen LogP contribution in [0.15, 0.2) is 18.5 Å². The average molecular weight is 253 g/mol. The van der Waals surface area contributed by atoms with E-state index in [0.29, 0.717) is 11.3 Å². The van der Waals surface area contributed by atoms with E-state index in [0.717, 1.165) is 12.2 Å². The van der Waals surface area contributed by atoms with Crippen molar-refractivity contribution in [3.8, 4) is 0 Å². The molecule has 1 aromatic rings. The normalized spacial score (nSPS) is 12.2. The molecule has 0 saturated carbocycles. The number of hydrogen-bond acceptors (Lipinski definition) is 4. The fourth-order valence-corrected chi connectivity index (χ4v) is 2.48. The fourth-order valence-electron chi connectivity index (χ4n) is 1.64. The molecule has 0 bridgehead atoms. The predicted octanol–water partition coefficient (Wildman–Crippen LogP) is 1.88. The van der Waals surface area contributed by atoms with Crippen LogP contribution in [0.4, 0.5) is 5.69 Å². The molecule has 1 amide bonds. The third-order valence-corrected chi connectivity index (χ3v) is 3.50. The lowest BCUT2D eigenvalue weighted by Gasteiger charge is -2.27. The number of aromatic nitrogens is 1. The highest BCUT2D eigenvalue weighted by atomic mass is 32.2. The summed E-state index contributed by atoms with van der Waals surface area (Å²) in [5, 5.41) is 0. The molecule has 17 heavy (non-hydrogen) atoms. The first-order valence-corrected chi connectivity index (χ1v) is 6.96. The summed E-state index contributed by atoms with van der Waals surface area (Å²) in [6, 6.07) is 1.88. The van der Waals surface area contributed by atoms with E-state index >= 15 is 0 Å². The Morgan fingerprint density at radius 1 is 1.65 bits per heavy atom. The van der Waals surface area contributed by atoms with Crippen LogP contribution in [0.3, 0.4) is 0 Å². The van der Waals surface area contributed by atoms with Crippen molar-refractivity contribution >= 4 is 23.4 Å². The quantitative estimate of drug-likeness (QED) is 0.870. The summed E-state index contributed by atoms with van der Waals surface area (Å²) in [4.78, 5) is 17.9. The summed E-state index contributed by atoms with van der Waals surface area (Å²) < 4.78 is 0. The van der Waals surface area contributed by atoms with Crippen LogP contribution in [-0.2, 0) is 0 Å². The highest BCUT2D eigenvalue weighted by molar-refractivity contribution is 7.98. The van der Waals surface area contributed by atoms with Crippen molar-refractivity contribution in [2.75, 3.05) is 24.8 Å². The van der Waals surface area contributed by atoms with Crippen LogP contribution >= 0.6 is 11.8 Å². The van der Waals surface area contributed by atoms with Crippen molar-refractivity contribution < 1.29 is 4.79 Å². The maximum Gasteiger partial charge on any atom is 0.257 e. The largest absolute Gasteiger partial charge is 0.398 e. The monoisotopic (exact) mass is 253 g/mol. The van der Waals surface area contributed by atoms with Crippen molar-refractivity contribution in [1.29, 1.82) is 0 Å². The number of hydrogen-bond donors (Lipinski definition) is 1. The molecule has 0 aliphatic heterocycles. The van der Waals surface area contributed by atoms with Crippen molar-refractivity contribution in [3.63, 3.8) is 0 Å². The summed E-state index contributed by atoms with van der Waals surface area (Å²) in [5.41, 5.74) is 6.75. The maximum atomic E-state index is 12.2. The number of anilines is 1. The molecular formula is C12H19N3OS. The lowest BCUT2D eigenvalue weighted by molar-refractivity contribution is 0.0744. The van der Waals surface area contributed by atoms with E-state index in [1.54, 1.807) is 28.9 Å². The molecule has 0 spiro atoms. The van der Waals surface area contributed by atoms with Gasteiger partial charge < -0.3 is 10.6 Å². The van der Waals surface area contributed by atoms with Gasteiger partial charge in [-0.05, 0) is 18.7 Å². The van der Waals surface area contributed by atoms with E-state index < -0.39 is 0 Å². The van der Waals surface area contributed by atoms with Crippen LogP contribution in [0.1, 0.15) is 23.7 Å². The van der Waals surface area contributed by atoms with Crippen LogP contribution in [0.2, 0.25) is 0 Å². The lowest BCUT2D eigenvalue weighted by atomic mass is 10.1. The number of carbonyl (C=O) groups is 1. The molecule has 0 aliphatic carbocycles. The Morgan fingerprint density at radius 3 is 2.88 bits per heavy atom. The highest BCUT2D eigenvalue weighted by Gasteiger charge is 2.20. The zero-order chi connectivity index (χ0) is 12.8. The molecule has 0 saturated heterocycles. The van der Waals surface area contributed by atoms with Crippen LogP contribution < -0.4 is 5.73 Å². The van der Waals surface area contributed by atoms with E-state index in [1.165, 1.54) is 6.20 Å². The summed E-state index contributed by atoms with van der Waals surface area (Å²) in [6.45, 7) is 2.08. The minimum absolute atomic E-state index is 0.0588. The number of nitrogens with two attached hydrogens (primary N) is 1. The van der Waals surface area contributed by atoms with Gasteiger partial charge in [0.05, 0.1) is 5.56 Å².